The van der Waals surface area contributed by atoms with Gasteiger partial charge in [-0.3, -0.25) is 4.90 Å². The first-order chi connectivity index (χ1) is 4.86. The van der Waals surface area contributed by atoms with E-state index in [4.69, 9.17) is 0 Å². The highest BCUT2D eigenvalue weighted by molar-refractivity contribution is 4.89. The Kier molecular flexibility index (Phi) is 1.62. The van der Waals surface area contributed by atoms with Gasteiger partial charge in [-0.05, 0) is 6.42 Å². The van der Waals surface area contributed by atoms with E-state index in [0.717, 1.165) is 26.1 Å². The van der Waals surface area contributed by atoms with Crippen LogP contribution in [0.1, 0.15) is 6.42 Å². The summed E-state index contributed by atoms with van der Waals surface area (Å²) in [5.74, 6) is 0. The molecule has 0 aromatic carbocycles. The summed E-state index contributed by atoms with van der Waals surface area (Å²) in [6, 6.07) is 0.490. The zero-order chi connectivity index (χ0) is 6.97. The Morgan fingerprint density at radius 2 is 2.40 bits per heavy atom. The van der Waals surface area contributed by atoms with Crippen LogP contribution < -0.4 is 5.32 Å². The molecule has 2 rings (SSSR count). The third-order valence-corrected chi connectivity index (χ3v) is 2.43. The lowest BCUT2D eigenvalue weighted by atomic mass is 10.2. The molecule has 2 saturated heterocycles. The third kappa shape index (κ3) is 1.04. The fourth-order valence-electron chi connectivity index (χ4n) is 1.90. The van der Waals surface area contributed by atoms with Gasteiger partial charge in [0.2, 0.25) is 0 Å². The van der Waals surface area contributed by atoms with Crippen LogP contribution in [0.15, 0.2) is 0 Å². The molecule has 0 aliphatic carbocycles. The minimum atomic E-state index is -0.565. The number of hydrogen-bond acceptors (Lipinski definition) is 2. The molecule has 2 heterocycles. The maximum atomic E-state index is 12.8. The van der Waals surface area contributed by atoms with Gasteiger partial charge in [0.05, 0.1) is 0 Å². The standard InChI is InChI=1S/C7H13FN2/c8-6-3-7-4-9-1-2-10(7)5-6/h6-7,9H,1-5H2/t6-,7-/m0/s1. The fourth-order valence-corrected chi connectivity index (χ4v) is 1.90. The molecule has 0 spiro atoms. The number of alkyl halides is 1. The van der Waals surface area contributed by atoms with Crippen LogP contribution in [0.5, 0.6) is 0 Å². The van der Waals surface area contributed by atoms with E-state index in [9.17, 15) is 4.39 Å². The molecule has 0 unspecified atom stereocenters. The van der Waals surface area contributed by atoms with Crippen molar-refractivity contribution >= 4 is 0 Å². The summed E-state index contributed by atoms with van der Waals surface area (Å²) < 4.78 is 12.8. The summed E-state index contributed by atoms with van der Waals surface area (Å²) in [4.78, 5) is 2.25. The van der Waals surface area contributed by atoms with Crippen molar-refractivity contribution in [1.82, 2.24) is 10.2 Å². The summed E-state index contributed by atoms with van der Waals surface area (Å²) in [6.45, 7) is 3.72. The van der Waals surface area contributed by atoms with Crippen LogP contribution in [-0.4, -0.2) is 43.3 Å². The summed E-state index contributed by atoms with van der Waals surface area (Å²) in [5, 5.41) is 3.27. The van der Waals surface area contributed by atoms with E-state index in [1.54, 1.807) is 0 Å². The van der Waals surface area contributed by atoms with E-state index in [1.807, 2.05) is 0 Å². The molecule has 2 atom stereocenters. The maximum Gasteiger partial charge on any atom is 0.114 e. The summed E-state index contributed by atoms with van der Waals surface area (Å²) in [5.41, 5.74) is 0. The second kappa shape index (κ2) is 2.47. The minimum absolute atomic E-state index is 0.490. The normalized spacial score (nSPS) is 41.7. The summed E-state index contributed by atoms with van der Waals surface area (Å²) in [7, 11) is 0. The minimum Gasteiger partial charge on any atom is -0.314 e. The maximum absolute atomic E-state index is 12.8. The SMILES string of the molecule is F[C@H]1C[C@H]2CNCCN2C1. The van der Waals surface area contributed by atoms with E-state index < -0.39 is 6.17 Å². The van der Waals surface area contributed by atoms with Crippen molar-refractivity contribution in [3.05, 3.63) is 0 Å². The molecule has 2 aliphatic heterocycles. The van der Waals surface area contributed by atoms with Crippen molar-refractivity contribution in [2.24, 2.45) is 0 Å². The van der Waals surface area contributed by atoms with Crippen molar-refractivity contribution in [2.75, 3.05) is 26.2 Å². The molecule has 10 heavy (non-hydrogen) atoms. The Balaban J connectivity index is 1.97. The van der Waals surface area contributed by atoms with Crippen molar-refractivity contribution in [1.29, 1.82) is 0 Å². The highest BCUT2D eigenvalue weighted by atomic mass is 19.1. The average molecular weight is 144 g/mol. The van der Waals surface area contributed by atoms with E-state index in [1.165, 1.54) is 0 Å². The van der Waals surface area contributed by atoms with Gasteiger partial charge in [-0.25, -0.2) is 4.39 Å². The number of nitrogens with zero attached hydrogens (tertiary/aromatic N) is 1. The fraction of sp³-hybridized carbons (Fsp3) is 1.00. The number of hydrogen-bond donors (Lipinski definition) is 1. The largest absolute Gasteiger partial charge is 0.314 e. The Morgan fingerprint density at radius 1 is 1.50 bits per heavy atom. The zero-order valence-corrected chi connectivity index (χ0v) is 6.02. The second-order valence-electron chi connectivity index (χ2n) is 3.19. The molecule has 2 nitrogen and oxygen atoms in total. The molecule has 0 aromatic heterocycles. The third-order valence-electron chi connectivity index (χ3n) is 2.43. The first-order valence-electron chi connectivity index (χ1n) is 3.95. The van der Waals surface area contributed by atoms with Crippen molar-refractivity contribution in [2.45, 2.75) is 18.6 Å². The van der Waals surface area contributed by atoms with Crippen molar-refractivity contribution < 1.29 is 4.39 Å². The highest BCUT2D eigenvalue weighted by Crippen LogP contribution is 2.20. The number of nitrogens with one attached hydrogen (secondary N) is 1. The van der Waals surface area contributed by atoms with Crippen LogP contribution in [-0.2, 0) is 0 Å². The molecular formula is C7H13FN2. The first kappa shape index (κ1) is 6.55. The monoisotopic (exact) mass is 144 g/mol. The van der Waals surface area contributed by atoms with Crippen molar-refractivity contribution in [3.8, 4) is 0 Å². The van der Waals surface area contributed by atoms with E-state index >= 15 is 0 Å². The topological polar surface area (TPSA) is 15.3 Å². The molecule has 2 aliphatic rings. The van der Waals surface area contributed by atoms with Gasteiger partial charge in [0.1, 0.15) is 6.17 Å². The van der Waals surface area contributed by atoms with Crippen LogP contribution >= 0.6 is 0 Å². The lowest BCUT2D eigenvalue weighted by Crippen LogP contribution is -2.47. The van der Waals surface area contributed by atoms with Gasteiger partial charge >= 0.3 is 0 Å². The highest BCUT2D eigenvalue weighted by Gasteiger charge is 2.32. The van der Waals surface area contributed by atoms with Gasteiger partial charge in [-0.15, -0.1) is 0 Å². The van der Waals surface area contributed by atoms with Crippen LogP contribution in [0.3, 0.4) is 0 Å². The number of fused-ring (bicyclic) bond motifs is 1. The van der Waals surface area contributed by atoms with Crippen molar-refractivity contribution in [3.63, 3.8) is 0 Å². The van der Waals surface area contributed by atoms with Crippen LogP contribution in [0, 0.1) is 0 Å². The smallest absolute Gasteiger partial charge is 0.114 e. The number of halogens is 1. The average Bonchev–Trinajstić information content (AvgIpc) is 2.27. The Hall–Kier alpha value is -0.150. The first-order valence-corrected chi connectivity index (χ1v) is 3.95. The molecule has 1 N–H and O–H groups in total. The van der Waals surface area contributed by atoms with Crippen LogP contribution in [0.25, 0.3) is 0 Å². The molecule has 3 heteroatoms. The molecular weight excluding hydrogens is 131 g/mol. The van der Waals surface area contributed by atoms with Gasteiger partial charge in [0.25, 0.3) is 0 Å². The van der Waals surface area contributed by atoms with Gasteiger partial charge in [-0.2, -0.15) is 0 Å². The number of rotatable bonds is 0. The van der Waals surface area contributed by atoms with Crippen LogP contribution in [0.4, 0.5) is 4.39 Å². The molecule has 0 amide bonds. The van der Waals surface area contributed by atoms with E-state index in [-0.39, 0.29) is 0 Å². The number of piperazine rings is 1. The Bertz CT molecular complexity index is 115. The van der Waals surface area contributed by atoms with E-state index in [0.29, 0.717) is 12.6 Å². The summed E-state index contributed by atoms with van der Waals surface area (Å²) >= 11 is 0. The van der Waals surface area contributed by atoms with E-state index in [2.05, 4.69) is 10.2 Å². The lowest BCUT2D eigenvalue weighted by Gasteiger charge is -2.29. The second-order valence-corrected chi connectivity index (χ2v) is 3.19. The summed E-state index contributed by atoms with van der Waals surface area (Å²) in [6.07, 6.45) is 0.178. The predicted octanol–water partition coefficient (Wildman–Crippen LogP) is 0.00200. The Labute approximate surface area is 60.4 Å². The Morgan fingerprint density at radius 3 is 3.20 bits per heavy atom. The van der Waals surface area contributed by atoms with Crippen LogP contribution in [0.2, 0.25) is 0 Å². The quantitative estimate of drug-likeness (QED) is 0.515. The van der Waals surface area contributed by atoms with Gasteiger partial charge in [-0.1, -0.05) is 0 Å². The molecule has 58 valence electrons. The lowest BCUT2D eigenvalue weighted by molar-refractivity contribution is 0.207. The predicted molar refractivity (Wildman–Crippen MR) is 37.7 cm³/mol. The molecule has 0 aromatic rings. The van der Waals surface area contributed by atoms with Gasteiger partial charge < -0.3 is 5.32 Å². The zero-order valence-electron chi connectivity index (χ0n) is 6.02. The molecule has 0 radical (unpaired) electrons. The van der Waals surface area contributed by atoms with Gasteiger partial charge in [0, 0.05) is 32.2 Å². The van der Waals surface area contributed by atoms with Gasteiger partial charge in [0.15, 0.2) is 0 Å². The molecule has 0 saturated carbocycles. The molecule has 0 bridgehead atoms. The molecule has 2 fully saturated rings.